The highest BCUT2D eigenvalue weighted by atomic mass is 16.5. The minimum absolute atomic E-state index is 0.125. The van der Waals surface area contributed by atoms with Crippen LogP contribution < -0.4 is 14.2 Å². The molecule has 0 amide bonds. The van der Waals surface area contributed by atoms with E-state index in [0.29, 0.717) is 23.4 Å². The van der Waals surface area contributed by atoms with Crippen LogP contribution in [0, 0.1) is 0 Å². The van der Waals surface area contributed by atoms with Gasteiger partial charge in [-0.25, -0.2) is 0 Å². The van der Waals surface area contributed by atoms with Crippen molar-refractivity contribution in [2.45, 2.75) is 44.8 Å². The Labute approximate surface area is 121 Å². The number of ether oxygens (including phenoxy) is 4. The summed E-state index contributed by atoms with van der Waals surface area (Å²) >= 11 is 0. The van der Waals surface area contributed by atoms with Gasteiger partial charge in [0.25, 0.3) is 0 Å². The third-order valence-corrected chi connectivity index (χ3v) is 3.78. The van der Waals surface area contributed by atoms with Gasteiger partial charge in [-0.3, -0.25) is 0 Å². The second-order valence-corrected chi connectivity index (χ2v) is 5.07. The van der Waals surface area contributed by atoms with Crippen molar-refractivity contribution in [2.75, 3.05) is 21.3 Å². The highest BCUT2D eigenvalue weighted by Crippen LogP contribution is 2.43. The molecular weight excluding hydrogens is 256 g/mol. The predicted octanol–water partition coefficient (Wildman–Crippen LogP) is 3.73. The minimum Gasteiger partial charge on any atom is -0.493 e. The van der Waals surface area contributed by atoms with Crippen molar-refractivity contribution in [3.63, 3.8) is 0 Å². The molecule has 0 aliphatic carbocycles. The molecule has 0 saturated carbocycles. The van der Waals surface area contributed by atoms with Gasteiger partial charge >= 0.3 is 0 Å². The van der Waals surface area contributed by atoms with Crippen molar-refractivity contribution in [3.05, 3.63) is 17.7 Å². The van der Waals surface area contributed by atoms with E-state index in [4.69, 9.17) is 18.9 Å². The Balaban J connectivity index is 2.24. The Hall–Kier alpha value is -1.42. The summed E-state index contributed by atoms with van der Waals surface area (Å²) in [5, 5.41) is 0. The van der Waals surface area contributed by atoms with E-state index in [1.54, 1.807) is 21.3 Å². The molecule has 0 N–H and O–H groups in total. The molecule has 0 bridgehead atoms. The number of hydrogen-bond donors (Lipinski definition) is 0. The summed E-state index contributed by atoms with van der Waals surface area (Å²) < 4.78 is 22.2. The van der Waals surface area contributed by atoms with E-state index in [2.05, 4.69) is 6.92 Å². The zero-order chi connectivity index (χ0) is 14.5. The standard InChI is InChI=1S/C16H24O4/c1-5-6-12-7-8-13(20-12)11-9-14(17-2)16(19-4)15(10-11)18-3/h9-10,12-13H,5-8H2,1-4H3. The van der Waals surface area contributed by atoms with Crippen LogP contribution in [0.2, 0.25) is 0 Å². The van der Waals surface area contributed by atoms with E-state index in [0.717, 1.165) is 31.2 Å². The first-order chi connectivity index (χ1) is 9.73. The second kappa shape index (κ2) is 6.84. The minimum atomic E-state index is 0.125. The highest BCUT2D eigenvalue weighted by molar-refractivity contribution is 5.54. The van der Waals surface area contributed by atoms with Crippen LogP contribution in [-0.2, 0) is 4.74 Å². The van der Waals surface area contributed by atoms with Gasteiger partial charge in [0.1, 0.15) is 0 Å². The van der Waals surface area contributed by atoms with Crippen molar-refractivity contribution in [2.24, 2.45) is 0 Å². The van der Waals surface area contributed by atoms with Crippen molar-refractivity contribution in [3.8, 4) is 17.2 Å². The van der Waals surface area contributed by atoms with E-state index in [1.165, 1.54) is 0 Å². The molecule has 112 valence electrons. The normalized spacial score (nSPS) is 21.8. The molecule has 0 spiro atoms. The Morgan fingerprint density at radius 2 is 1.70 bits per heavy atom. The maximum atomic E-state index is 6.11. The molecule has 1 saturated heterocycles. The zero-order valence-electron chi connectivity index (χ0n) is 12.8. The van der Waals surface area contributed by atoms with Crippen LogP contribution in [0.15, 0.2) is 12.1 Å². The van der Waals surface area contributed by atoms with Crippen LogP contribution in [0.5, 0.6) is 17.2 Å². The van der Waals surface area contributed by atoms with Gasteiger partial charge in [-0.2, -0.15) is 0 Å². The van der Waals surface area contributed by atoms with Gasteiger partial charge in [0.05, 0.1) is 33.5 Å². The van der Waals surface area contributed by atoms with E-state index in [9.17, 15) is 0 Å². The summed E-state index contributed by atoms with van der Waals surface area (Å²) in [6.07, 6.45) is 4.95. The molecule has 1 aliphatic heterocycles. The lowest BCUT2D eigenvalue weighted by molar-refractivity contribution is 0.0394. The zero-order valence-corrected chi connectivity index (χ0v) is 12.8. The van der Waals surface area contributed by atoms with Crippen molar-refractivity contribution in [1.82, 2.24) is 0 Å². The summed E-state index contributed by atoms with van der Waals surface area (Å²) in [6, 6.07) is 3.97. The number of rotatable bonds is 6. The Morgan fingerprint density at radius 3 is 2.20 bits per heavy atom. The van der Waals surface area contributed by atoms with Gasteiger partial charge < -0.3 is 18.9 Å². The summed E-state index contributed by atoms with van der Waals surface area (Å²) in [4.78, 5) is 0. The van der Waals surface area contributed by atoms with Crippen LogP contribution in [0.25, 0.3) is 0 Å². The first-order valence-corrected chi connectivity index (χ1v) is 7.18. The summed E-state index contributed by atoms with van der Waals surface area (Å²) in [5.41, 5.74) is 1.10. The Kier molecular flexibility index (Phi) is 5.12. The maximum absolute atomic E-state index is 6.11. The molecule has 1 aromatic carbocycles. The summed E-state index contributed by atoms with van der Waals surface area (Å²) in [6.45, 7) is 2.19. The van der Waals surface area contributed by atoms with Crippen molar-refractivity contribution < 1.29 is 18.9 Å². The van der Waals surface area contributed by atoms with E-state index < -0.39 is 0 Å². The van der Waals surface area contributed by atoms with Crippen molar-refractivity contribution >= 4 is 0 Å². The fourth-order valence-electron chi connectivity index (χ4n) is 2.77. The third kappa shape index (κ3) is 3.01. The van der Waals surface area contributed by atoms with Gasteiger partial charge in [0.2, 0.25) is 5.75 Å². The second-order valence-electron chi connectivity index (χ2n) is 5.07. The SMILES string of the molecule is CCCC1CCC(c2cc(OC)c(OC)c(OC)c2)O1. The molecule has 2 unspecified atom stereocenters. The maximum Gasteiger partial charge on any atom is 0.203 e. The van der Waals surface area contributed by atoms with Gasteiger partial charge in [-0.05, 0) is 37.0 Å². The Bertz CT molecular complexity index is 419. The molecule has 4 heteroatoms. The lowest BCUT2D eigenvalue weighted by Crippen LogP contribution is -2.06. The number of methoxy groups -OCH3 is 3. The fourth-order valence-corrected chi connectivity index (χ4v) is 2.77. The van der Waals surface area contributed by atoms with Crippen LogP contribution in [0.3, 0.4) is 0 Å². The molecule has 0 aromatic heterocycles. The fraction of sp³-hybridized carbons (Fsp3) is 0.625. The van der Waals surface area contributed by atoms with Crippen LogP contribution in [0.4, 0.5) is 0 Å². The first-order valence-electron chi connectivity index (χ1n) is 7.18. The molecular formula is C16H24O4. The summed E-state index contributed by atoms with van der Waals surface area (Å²) in [5.74, 6) is 2.00. The van der Waals surface area contributed by atoms with Gasteiger partial charge in [0.15, 0.2) is 11.5 Å². The van der Waals surface area contributed by atoms with E-state index in [1.807, 2.05) is 12.1 Å². The van der Waals surface area contributed by atoms with Crippen LogP contribution >= 0.6 is 0 Å². The molecule has 0 radical (unpaired) electrons. The van der Waals surface area contributed by atoms with Gasteiger partial charge in [-0.1, -0.05) is 13.3 Å². The monoisotopic (exact) mass is 280 g/mol. The molecule has 2 atom stereocenters. The van der Waals surface area contributed by atoms with Crippen LogP contribution in [-0.4, -0.2) is 27.4 Å². The molecule has 4 nitrogen and oxygen atoms in total. The molecule has 1 aromatic rings. The highest BCUT2D eigenvalue weighted by Gasteiger charge is 2.27. The topological polar surface area (TPSA) is 36.9 Å². The number of hydrogen-bond acceptors (Lipinski definition) is 4. The first kappa shape index (κ1) is 15.0. The molecule has 1 aliphatic rings. The molecule has 1 heterocycles. The lowest BCUT2D eigenvalue weighted by atomic mass is 10.0. The number of benzene rings is 1. The van der Waals surface area contributed by atoms with Crippen molar-refractivity contribution in [1.29, 1.82) is 0 Å². The van der Waals surface area contributed by atoms with E-state index >= 15 is 0 Å². The molecule has 20 heavy (non-hydrogen) atoms. The smallest absolute Gasteiger partial charge is 0.203 e. The molecule has 1 fully saturated rings. The third-order valence-electron chi connectivity index (χ3n) is 3.78. The average Bonchev–Trinajstić information content (AvgIpc) is 2.94. The van der Waals surface area contributed by atoms with Gasteiger partial charge in [-0.15, -0.1) is 0 Å². The molecule has 2 rings (SSSR count). The largest absolute Gasteiger partial charge is 0.493 e. The Morgan fingerprint density at radius 1 is 1.05 bits per heavy atom. The summed E-state index contributed by atoms with van der Waals surface area (Å²) in [7, 11) is 4.89. The quantitative estimate of drug-likeness (QED) is 0.795. The van der Waals surface area contributed by atoms with E-state index in [-0.39, 0.29) is 6.10 Å². The lowest BCUT2D eigenvalue weighted by Gasteiger charge is -2.18. The van der Waals surface area contributed by atoms with Gasteiger partial charge in [0, 0.05) is 0 Å². The predicted molar refractivity (Wildman–Crippen MR) is 77.9 cm³/mol. The average molecular weight is 280 g/mol. The van der Waals surface area contributed by atoms with Crippen LogP contribution in [0.1, 0.15) is 44.3 Å².